The van der Waals surface area contributed by atoms with E-state index in [0.717, 1.165) is 51.4 Å². The fourth-order valence-corrected chi connectivity index (χ4v) is 6.62. The third-order valence-electron chi connectivity index (χ3n) is 8.79. The van der Waals surface area contributed by atoms with Crippen molar-refractivity contribution in [2.75, 3.05) is 6.61 Å². The van der Waals surface area contributed by atoms with E-state index in [1.807, 2.05) is 6.08 Å². The van der Waals surface area contributed by atoms with Crippen LogP contribution in [0.1, 0.15) is 129 Å². The fraction of sp³-hybridized carbons (Fsp3) is 0.857. The van der Waals surface area contributed by atoms with Gasteiger partial charge in [-0.1, -0.05) is 122 Å². The molecule has 0 spiro atoms. The van der Waals surface area contributed by atoms with Crippen molar-refractivity contribution >= 4 is 13.7 Å². The Bertz CT molecular complexity index is 953. The van der Waals surface area contributed by atoms with E-state index < -0.39 is 75.2 Å². The summed E-state index contributed by atoms with van der Waals surface area (Å²) >= 11 is 0. The fourth-order valence-electron chi connectivity index (χ4n) is 5.65. The number of hydrogen-bond acceptors (Lipinski definition) is 11. The number of amides is 1. The molecule has 1 aliphatic rings. The highest BCUT2D eigenvalue weighted by atomic mass is 31.2. The first-order valence-electron chi connectivity index (χ1n) is 18.4. The van der Waals surface area contributed by atoms with Gasteiger partial charge in [0.15, 0.2) is 0 Å². The molecule has 0 saturated heterocycles. The Morgan fingerprint density at radius 3 is 1.78 bits per heavy atom. The summed E-state index contributed by atoms with van der Waals surface area (Å²) in [5.41, 5.74) is 0. The maximum Gasteiger partial charge on any atom is 0.472 e. The van der Waals surface area contributed by atoms with Gasteiger partial charge in [0.1, 0.15) is 36.6 Å². The predicted molar refractivity (Wildman–Crippen MR) is 187 cm³/mol. The highest BCUT2D eigenvalue weighted by Crippen LogP contribution is 2.47. The molecule has 1 rings (SSSR count). The van der Waals surface area contributed by atoms with Gasteiger partial charge in [0, 0.05) is 0 Å². The first-order valence-corrected chi connectivity index (χ1v) is 19.9. The first kappa shape index (κ1) is 45.8. The van der Waals surface area contributed by atoms with Crippen LogP contribution >= 0.6 is 7.82 Å². The van der Waals surface area contributed by atoms with E-state index in [1.165, 1.54) is 51.0 Å². The number of nitrogens with one attached hydrogen (secondary N) is 1. The zero-order valence-corrected chi connectivity index (χ0v) is 30.5. The van der Waals surface area contributed by atoms with Gasteiger partial charge in [-0.15, -0.1) is 0 Å². The summed E-state index contributed by atoms with van der Waals surface area (Å²) in [7, 11) is -5.13. The minimum Gasteiger partial charge on any atom is -0.393 e. The summed E-state index contributed by atoms with van der Waals surface area (Å²) in [6.45, 7) is 3.57. The van der Waals surface area contributed by atoms with Gasteiger partial charge in [0.25, 0.3) is 0 Å². The topological polar surface area (TPSA) is 226 Å². The Morgan fingerprint density at radius 2 is 1.20 bits per heavy atom. The summed E-state index contributed by atoms with van der Waals surface area (Å²) in [6.07, 6.45) is 10.4. The molecule has 8 unspecified atom stereocenters. The zero-order valence-electron chi connectivity index (χ0n) is 29.6. The molecule has 0 aromatic heterocycles. The summed E-state index contributed by atoms with van der Waals surface area (Å²) in [6, 6.07) is -1.25. The van der Waals surface area contributed by atoms with Gasteiger partial charge >= 0.3 is 7.82 Å². The van der Waals surface area contributed by atoms with E-state index in [4.69, 9.17) is 9.05 Å². The monoisotopic (exact) mass is 723 g/mol. The molecule has 1 amide bonds. The van der Waals surface area contributed by atoms with Gasteiger partial charge in [0.05, 0.1) is 31.3 Å². The highest BCUT2D eigenvalue weighted by molar-refractivity contribution is 7.47. The summed E-state index contributed by atoms with van der Waals surface area (Å²) in [5, 5.41) is 73.7. The lowest BCUT2D eigenvalue weighted by Crippen LogP contribution is -2.64. The van der Waals surface area contributed by atoms with Crippen LogP contribution in [0.2, 0.25) is 0 Å². The van der Waals surface area contributed by atoms with Crippen molar-refractivity contribution in [1.29, 1.82) is 0 Å². The van der Waals surface area contributed by atoms with Crippen molar-refractivity contribution in [2.45, 2.75) is 184 Å². The van der Waals surface area contributed by atoms with Gasteiger partial charge in [0.2, 0.25) is 5.91 Å². The number of hydrogen-bond donors (Lipinski definition) is 9. The van der Waals surface area contributed by atoms with E-state index >= 15 is 0 Å². The number of carbonyl (C=O) groups excluding carboxylic acids is 1. The van der Waals surface area contributed by atoms with E-state index in [-0.39, 0.29) is 6.42 Å². The predicted octanol–water partition coefficient (Wildman–Crippen LogP) is 3.69. The molecule has 0 aromatic carbocycles. The van der Waals surface area contributed by atoms with Crippen molar-refractivity contribution in [3.8, 4) is 0 Å². The van der Waals surface area contributed by atoms with Crippen LogP contribution in [0.5, 0.6) is 0 Å². The van der Waals surface area contributed by atoms with Gasteiger partial charge in [-0.25, -0.2) is 4.57 Å². The van der Waals surface area contributed by atoms with Crippen molar-refractivity contribution in [1.82, 2.24) is 5.32 Å². The molecule has 1 fully saturated rings. The van der Waals surface area contributed by atoms with Crippen molar-refractivity contribution in [3.63, 3.8) is 0 Å². The van der Waals surface area contributed by atoms with Crippen molar-refractivity contribution in [3.05, 3.63) is 24.3 Å². The minimum atomic E-state index is -5.13. The Balaban J connectivity index is 2.68. The smallest absolute Gasteiger partial charge is 0.393 e. The SMILES string of the molecule is CCCC/C=C/CC/C=C/C(O)C(COP(=O)(O)OC1C(O)C(O)C(O)C(O)C1O)NC(=O)CC(O)CCCCCCCCCCCCC. The van der Waals surface area contributed by atoms with Gasteiger partial charge < -0.3 is 46.0 Å². The zero-order chi connectivity index (χ0) is 36.7. The molecule has 14 heteroatoms. The molecule has 0 bridgehead atoms. The lowest BCUT2D eigenvalue weighted by atomic mass is 9.85. The maximum absolute atomic E-state index is 12.8. The molecule has 1 aliphatic carbocycles. The van der Waals surface area contributed by atoms with Crippen LogP contribution in [-0.2, 0) is 18.4 Å². The minimum absolute atomic E-state index is 0.251. The molecule has 288 valence electrons. The second-order valence-electron chi connectivity index (χ2n) is 13.3. The highest BCUT2D eigenvalue weighted by Gasteiger charge is 2.51. The molecule has 9 N–H and O–H groups in total. The number of aliphatic hydroxyl groups is 7. The lowest BCUT2D eigenvalue weighted by Gasteiger charge is -2.41. The van der Waals surface area contributed by atoms with Crippen LogP contribution < -0.4 is 5.32 Å². The molecular formula is C35H66NO12P. The lowest BCUT2D eigenvalue weighted by molar-refractivity contribution is -0.220. The van der Waals surface area contributed by atoms with Crippen LogP contribution in [-0.4, -0.2) is 108 Å². The summed E-state index contributed by atoms with van der Waals surface area (Å²) in [4.78, 5) is 23.1. The van der Waals surface area contributed by atoms with Crippen molar-refractivity contribution in [2.24, 2.45) is 0 Å². The van der Waals surface area contributed by atoms with Gasteiger partial charge in [-0.3, -0.25) is 13.8 Å². The molecule has 49 heavy (non-hydrogen) atoms. The number of unbranched alkanes of at least 4 members (excludes halogenated alkanes) is 13. The largest absolute Gasteiger partial charge is 0.472 e. The number of phosphoric ester groups is 1. The molecule has 0 aromatic rings. The van der Waals surface area contributed by atoms with Crippen LogP contribution in [0.15, 0.2) is 24.3 Å². The van der Waals surface area contributed by atoms with Crippen LogP contribution in [0.25, 0.3) is 0 Å². The molecule has 13 nitrogen and oxygen atoms in total. The number of allylic oxidation sites excluding steroid dienone is 3. The third-order valence-corrected chi connectivity index (χ3v) is 9.78. The average Bonchev–Trinajstić information content (AvgIpc) is 3.06. The molecule has 0 aliphatic heterocycles. The normalized spacial score (nSPS) is 26.2. The number of phosphoric acid groups is 1. The Morgan fingerprint density at radius 1 is 0.714 bits per heavy atom. The summed E-state index contributed by atoms with van der Waals surface area (Å²) in [5.74, 6) is -0.609. The molecule has 0 heterocycles. The van der Waals surface area contributed by atoms with Gasteiger partial charge in [-0.2, -0.15) is 0 Å². The molecule has 0 radical (unpaired) electrons. The molecular weight excluding hydrogens is 657 g/mol. The second-order valence-corrected chi connectivity index (χ2v) is 14.7. The number of carbonyl (C=O) groups is 1. The Kier molecular flexibility index (Phi) is 24.8. The van der Waals surface area contributed by atoms with Crippen LogP contribution in [0, 0.1) is 0 Å². The third kappa shape index (κ3) is 19.8. The van der Waals surface area contributed by atoms with Crippen molar-refractivity contribution < 1.29 is 59.0 Å². The number of rotatable bonds is 28. The average molecular weight is 724 g/mol. The summed E-state index contributed by atoms with van der Waals surface area (Å²) < 4.78 is 22.6. The standard InChI is InChI=1S/C35H66NO12P/c1-3-5-7-9-11-13-14-15-16-18-20-22-26(37)24-29(39)36-27(28(38)23-21-19-17-12-10-8-6-4-2)25-47-49(45,46)48-35-33(43)31(41)30(40)32(42)34(35)44/h10,12,21,23,26-28,30-35,37-38,40-44H,3-9,11,13-20,22,24-25H2,1-2H3,(H,36,39)(H,45,46)/b12-10+,23-21+. The van der Waals surface area contributed by atoms with Gasteiger partial charge in [-0.05, 0) is 25.7 Å². The van der Waals surface area contributed by atoms with Crippen LogP contribution in [0.3, 0.4) is 0 Å². The Labute approximate surface area is 293 Å². The number of aliphatic hydroxyl groups excluding tert-OH is 7. The van der Waals surface area contributed by atoms with E-state index in [0.29, 0.717) is 12.8 Å². The molecule has 1 saturated carbocycles. The van der Waals surface area contributed by atoms with E-state index in [9.17, 15) is 50.0 Å². The first-order chi connectivity index (χ1) is 23.3. The second kappa shape index (κ2) is 26.5. The quantitative estimate of drug-likeness (QED) is 0.0320. The van der Waals surface area contributed by atoms with E-state index in [2.05, 4.69) is 25.2 Å². The van der Waals surface area contributed by atoms with Crippen LogP contribution in [0.4, 0.5) is 0 Å². The molecule has 8 atom stereocenters. The Hall–Kier alpha value is -1.22. The van der Waals surface area contributed by atoms with E-state index in [1.54, 1.807) is 6.08 Å². The maximum atomic E-state index is 12.8.